The van der Waals surface area contributed by atoms with Crippen LogP contribution < -0.4 is 19.6 Å². The zero-order valence-electron chi connectivity index (χ0n) is 17.9. The van der Waals surface area contributed by atoms with Crippen LogP contribution in [-0.2, 0) is 11.2 Å². The largest absolute Gasteiger partial charge is 0.497 e. The summed E-state index contributed by atoms with van der Waals surface area (Å²) in [4.78, 5) is 24.5. The number of benzene rings is 3. The Kier molecular flexibility index (Phi) is 7.97. The van der Waals surface area contributed by atoms with Gasteiger partial charge in [-0.15, -0.1) is 0 Å². The van der Waals surface area contributed by atoms with Gasteiger partial charge in [-0.05, 0) is 60.5 Å². The number of hydrazone groups is 1. The molecule has 0 saturated carbocycles. The number of nitrogens with zero attached hydrogens (tertiary/aromatic N) is 1. The van der Waals surface area contributed by atoms with Crippen molar-refractivity contribution in [2.75, 3.05) is 13.7 Å². The van der Waals surface area contributed by atoms with Gasteiger partial charge >= 0.3 is 5.97 Å². The number of carbonyl (C=O) groups is 2. The number of rotatable bonds is 9. The molecule has 0 aliphatic heterocycles. The number of ether oxygens (including phenoxy) is 3. The fourth-order valence-corrected chi connectivity index (χ4v) is 2.84. The molecule has 7 nitrogen and oxygen atoms in total. The minimum atomic E-state index is -0.511. The molecule has 3 aromatic carbocycles. The van der Waals surface area contributed by atoms with E-state index in [4.69, 9.17) is 14.2 Å². The second-order valence-electron chi connectivity index (χ2n) is 6.71. The molecule has 0 radical (unpaired) electrons. The summed E-state index contributed by atoms with van der Waals surface area (Å²) in [5.74, 6) is 0.605. The van der Waals surface area contributed by atoms with Crippen molar-refractivity contribution in [1.82, 2.24) is 5.43 Å². The Bertz CT molecular complexity index is 1080. The van der Waals surface area contributed by atoms with Gasteiger partial charge in [0.15, 0.2) is 11.5 Å². The molecule has 0 fully saturated rings. The molecule has 0 aliphatic carbocycles. The van der Waals surface area contributed by atoms with Crippen molar-refractivity contribution in [3.8, 4) is 17.2 Å². The number of nitrogens with one attached hydrogen (secondary N) is 1. The fraction of sp³-hybridized carbons (Fsp3) is 0.160. The van der Waals surface area contributed by atoms with Crippen LogP contribution in [0.1, 0.15) is 28.4 Å². The van der Waals surface area contributed by atoms with Crippen molar-refractivity contribution >= 4 is 18.1 Å². The molecule has 7 heteroatoms. The average Bonchev–Trinajstić information content (AvgIpc) is 2.81. The minimum absolute atomic E-state index is 0.220. The molecule has 3 rings (SSSR count). The summed E-state index contributed by atoms with van der Waals surface area (Å²) >= 11 is 0. The molecule has 1 N–H and O–H groups in total. The summed E-state index contributed by atoms with van der Waals surface area (Å²) in [6.07, 6.45) is 1.74. The van der Waals surface area contributed by atoms with E-state index in [9.17, 15) is 9.59 Å². The minimum Gasteiger partial charge on any atom is -0.497 e. The van der Waals surface area contributed by atoms with Crippen LogP contribution in [0.25, 0.3) is 0 Å². The summed E-state index contributed by atoms with van der Waals surface area (Å²) < 4.78 is 16.2. The predicted octanol–water partition coefficient (Wildman–Crippen LogP) is 4.01. The van der Waals surface area contributed by atoms with Crippen LogP contribution in [0.15, 0.2) is 77.9 Å². The predicted molar refractivity (Wildman–Crippen MR) is 121 cm³/mol. The summed E-state index contributed by atoms with van der Waals surface area (Å²) in [5.41, 5.74) is 4.47. The van der Waals surface area contributed by atoms with Gasteiger partial charge in [0.2, 0.25) is 5.91 Å². The molecule has 0 heterocycles. The Hall–Kier alpha value is -4.13. The fourth-order valence-electron chi connectivity index (χ4n) is 2.84. The first-order valence-corrected chi connectivity index (χ1v) is 10.1. The topological polar surface area (TPSA) is 86.2 Å². The molecule has 32 heavy (non-hydrogen) atoms. The van der Waals surface area contributed by atoms with Crippen LogP contribution in [0, 0.1) is 0 Å². The third kappa shape index (κ3) is 6.43. The molecule has 1 amide bonds. The number of hydrogen-bond donors (Lipinski definition) is 1. The Morgan fingerprint density at radius 1 is 0.969 bits per heavy atom. The number of carbonyl (C=O) groups excluding carboxylic acids is 2. The van der Waals surface area contributed by atoms with Gasteiger partial charge in [-0.25, -0.2) is 10.2 Å². The third-order valence-corrected chi connectivity index (χ3v) is 4.41. The quantitative estimate of drug-likeness (QED) is 0.239. The van der Waals surface area contributed by atoms with E-state index in [1.165, 1.54) is 6.21 Å². The van der Waals surface area contributed by atoms with Crippen molar-refractivity contribution in [2.24, 2.45) is 5.10 Å². The number of esters is 1. The summed E-state index contributed by atoms with van der Waals surface area (Å²) in [5, 5.41) is 3.99. The lowest BCUT2D eigenvalue weighted by molar-refractivity contribution is -0.120. The van der Waals surface area contributed by atoms with Gasteiger partial charge < -0.3 is 14.2 Å². The van der Waals surface area contributed by atoms with Crippen LogP contribution in [0.3, 0.4) is 0 Å². The molecular weight excluding hydrogens is 408 g/mol. The van der Waals surface area contributed by atoms with Crippen molar-refractivity contribution in [3.05, 3.63) is 89.5 Å². The highest BCUT2D eigenvalue weighted by Crippen LogP contribution is 2.29. The van der Waals surface area contributed by atoms with E-state index in [2.05, 4.69) is 10.5 Å². The summed E-state index contributed by atoms with van der Waals surface area (Å²) in [7, 11) is 1.56. The standard InChI is InChI=1S/C25H24N2O5/c1-3-31-23-15-19(17-26-27-24(28)16-18-7-5-4-6-8-18)9-14-22(23)32-25(29)20-10-12-21(30-2)13-11-20/h4-15,17H,3,16H2,1-2H3,(H,27,28)/b26-17-. The highest BCUT2D eigenvalue weighted by molar-refractivity contribution is 5.92. The monoisotopic (exact) mass is 432 g/mol. The van der Waals surface area contributed by atoms with Crippen molar-refractivity contribution in [2.45, 2.75) is 13.3 Å². The lowest BCUT2D eigenvalue weighted by Crippen LogP contribution is -2.19. The number of amides is 1. The Labute approximate surface area is 186 Å². The van der Waals surface area contributed by atoms with E-state index < -0.39 is 5.97 Å². The molecule has 0 atom stereocenters. The zero-order chi connectivity index (χ0) is 22.8. The first-order valence-electron chi connectivity index (χ1n) is 10.1. The summed E-state index contributed by atoms with van der Waals surface area (Å²) in [6.45, 7) is 2.22. The maximum absolute atomic E-state index is 12.5. The molecular formula is C25H24N2O5. The maximum Gasteiger partial charge on any atom is 0.343 e. The van der Waals surface area contributed by atoms with Crippen LogP contribution in [0.4, 0.5) is 0 Å². The zero-order valence-corrected chi connectivity index (χ0v) is 17.9. The van der Waals surface area contributed by atoms with E-state index >= 15 is 0 Å². The van der Waals surface area contributed by atoms with Gasteiger partial charge in [0.25, 0.3) is 0 Å². The first-order chi connectivity index (χ1) is 15.6. The molecule has 3 aromatic rings. The van der Waals surface area contributed by atoms with Crippen LogP contribution >= 0.6 is 0 Å². The van der Waals surface area contributed by atoms with Gasteiger partial charge in [0.05, 0.1) is 31.9 Å². The Morgan fingerprint density at radius 2 is 1.72 bits per heavy atom. The van der Waals surface area contributed by atoms with Crippen molar-refractivity contribution < 1.29 is 23.8 Å². The van der Waals surface area contributed by atoms with E-state index in [1.54, 1.807) is 49.6 Å². The van der Waals surface area contributed by atoms with Gasteiger partial charge in [0.1, 0.15) is 5.75 Å². The van der Waals surface area contributed by atoms with E-state index in [-0.39, 0.29) is 18.1 Å². The normalized spacial score (nSPS) is 10.6. The average molecular weight is 432 g/mol. The molecule has 0 unspecified atom stereocenters. The van der Waals surface area contributed by atoms with Crippen LogP contribution in [-0.4, -0.2) is 31.8 Å². The highest BCUT2D eigenvalue weighted by atomic mass is 16.6. The Morgan fingerprint density at radius 3 is 2.41 bits per heavy atom. The van der Waals surface area contributed by atoms with E-state index in [1.807, 2.05) is 37.3 Å². The van der Waals surface area contributed by atoms with Gasteiger partial charge in [-0.1, -0.05) is 30.3 Å². The molecule has 0 aromatic heterocycles. The highest BCUT2D eigenvalue weighted by Gasteiger charge is 2.13. The molecule has 0 spiro atoms. The molecule has 0 aliphatic rings. The third-order valence-electron chi connectivity index (χ3n) is 4.41. The lowest BCUT2D eigenvalue weighted by Gasteiger charge is -2.11. The first kappa shape index (κ1) is 22.6. The van der Waals surface area contributed by atoms with Crippen LogP contribution in [0.5, 0.6) is 17.2 Å². The van der Waals surface area contributed by atoms with Gasteiger partial charge in [-0.3, -0.25) is 4.79 Å². The van der Waals surface area contributed by atoms with Gasteiger partial charge in [0, 0.05) is 0 Å². The summed E-state index contributed by atoms with van der Waals surface area (Å²) in [6, 6.07) is 21.1. The smallest absolute Gasteiger partial charge is 0.343 e. The number of methoxy groups -OCH3 is 1. The molecule has 0 bridgehead atoms. The number of hydrogen-bond acceptors (Lipinski definition) is 6. The van der Waals surface area contributed by atoms with Crippen molar-refractivity contribution in [1.29, 1.82) is 0 Å². The van der Waals surface area contributed by atoms with Gasteiger partial charge in [-0.2, -0.15) is 5.10 Å². The van der Waals surface area contributed by atoms with E-state index in [0.717, 1.165) is 5.56 Å². The van der Waals surface area contributed by atoms with E-state index in [0.29, 0.717) is 29.2 Å². The maximum atomic E-state index is 12.5. The Balaban J connectivity index is 1.64. The second-order valence-corrected chi connectivity index (χ2v) is 6.71. The molecule has 0 saturated heterocycles. The second kappa shape index (κ2) is 11.3. The SMILES string of the molecule is CCOc1cc(/C=N\NC(=O)Cc2ccccc2)ccc1OC(=O)c1ccc(OC)cc1. The van der Waals surface area contributed by atoms with Crippen molar-refractivity contribution in [3.63, 3.8) is 0 Å². The van der Waals surface area contributed by atoms with Crippen LogP contribution in [0.2, 0.25) is 0 Å². The molecule has 164 valence electrons. The lowest BCUT2D eigenvalue weighted by atomic mass is 10.1.